The fourth-order valence-electron chi connectivity index (χ4n) is 1.82. The molecule has 1 heterocycles. The van der Waals surface area contributed by atoms with Crippen LogP contribution in [0, 0.1) is 0 Å². The molecule has 0 saturated heterocycles. The van der Waals surface area contributed by atoms with Crippen LogP contribution in [0.5, 0.6) is 0 Å². The molecule has 0 aliphatic heterocycles. The van der Waals surface area contributed by atoms with Crippen LogP contribution in [0.1, 0.15) is 39.1 Å². The zero-order chi connectivity index (χ0) is 15.0. The Labute approximate surface area is 123 Å². The molecule has 0 atom stereocenters. The Morgan fingerprint density at radius 3 is 2.55 bits per heavy atom. The zero-order valence-corrected chi connectivity index (χ0v) is 13.5. The fourth-order valence-corrected chi connectivity index (χ4v) is 1.82. The summed E-state index contributed by atoms with van der Waals surface area (Å²) in [5.74, 6) is 0. The van der Waals surface area contributed by atoms with E-state index in [4.69, 9.17) is 4.74 Å². The van der Waals surface area contributed by atoms with E-state index in [2.05, 4.69) is 68.1 Å². The number of hydrogen-bond donors (Lipinski definition) is 1. The molecule has 1 N–H and O–H groups in total. The number of likely N-dealkylation sites (N-methyl/N-ethyl adjacent to an activating group) is 1. The lowest BCUT2D eigenvalue weighted by Gasteiger charge is -2.17. The van der Waals surface area contributed by atoms with E-state index in [9.17, 15) is 0 Å². The molecule has 0 saturated carbocycles. The molecule has 114 valence electrons. The molecule has 0 spiro atoms. The van der Waals surface area contributed by atoms with Gasteiger partial charge in [-0.2, -0.15) is 0 Å². The molecule has 1 aromatic rings. The van der Waals surface area contributed by atoms with E-state index in [0.717, 1.165) is 37.6 Å². The van der Waals surface area contributed by atoms with Crippen LogP contribution in [0.15, 0.2) is 18.2 Å². The summed E-state index contributed by atoms with van der Waals surface area (Å²) < 4.78 is 5.57. The smallest absolute Gasteiger partial charge is 0.0596 e. The molecular formula is C16H29N3O. The lowest BCUT2D eigenvalue weighted by atomic mass is 10.2. The molecule has 0 fully saturated rings. The predicted molar refractivity (Wildman–Crippen MR) is 83.6 cm³/mol. The molecule has 0 amide bonds. The van der Waals surface area contributed by atoms with Crippen LogP contribution >= 0.6 is 0 Å². The van der Waals surface area contributed by atoms with Gasteiger partial charge in [-0.3, -0.25) is 9.88 Å². The molecule has 4 nitrogen and oxygen atoms in total. The summed E-state index contributed by atoms with van der Waals surface area (Å²) in [6, 6.07) is 6.72. The summed E-state index contributed by atoms with van der Waals surface area (Å²) in [6.45, 7) is 11.8. The molecule has 0 aromatic carbocycles. The summed E-state index contributed by atoms with van der Waals surface area (Å²) >= 11 is 0. The van der Waals surface area contributed by atoms with Gasteiger partial charge in [0, 0.05) is 25.7 Å². The van der Waals surface area contributed by atoms with E-state index in [-0.39, 0.29) is 0 Å². The first-order chi connectivity index (χ1) is 9.47. The first kappa shape index (κ1) is 17.1. The van der Waals surface area contributed by atoms with Crippen molar-refractivity contribution < 1.29 is 4.74 Å². The third kappa shape index (κ3) is 7.58. The van der Waals surface area contributed by atoms with Gasteiger partial charge in [-0.1, -0.05) is 19.9 Å². The Kier molecular flexibility index (Phi) is 7.73. The monoisotopic (exact) mass is 279 g/mol. The average Bonchev–Trinajstić information content (AvgIpc) is 2.36. The maximum Gasteiger partial charge on any atom is 0.0596 e. The van der Waals surface area contributed by atoms with E-state index < -0.39 is 0 Å². The van der Waals surface area contributed by atoms with Crippen molar-refractivity contribution in [2.45, 2.75) is 52.9 Å². The van der Waals surface area contributed by atoms with Crippen LogP contribution < -0.4 is 5.32 Å². The quantitative estimate of drug-likeness (QED) is 0.753. The van der Waals surface area contributed by atoms with Crippen molar-refractivity contribution in [3.8, 4) is 0 Å². The van der Waals surface area contributed by atoms with Gasteiger partial charge in [0.15, 0.2) is 0 Å². The molecule has 1 aromatic heterocycles. The summed E-state index contributed by atoms with van der Waals surface area (Å²) in [7, 11) is 2.10. The number of nitrogens with one attached hydrogen (secondary N) is 1. The summed E-state index contributed by atoms with van der Waals surface area (Å²) in [4.78, 5) is 6.92. The second kappa shape index (κ2) is 9.06. The molecule has 0 aliphatic rings. The van der Waals surface area contributed by atoms with Crippen LogP contribution in [0.25, 0.3) is 0 Å². The minimum absolute atomic E-state index is 0.298. The first-order valence-corrected chi connectivity index (χ1v) is 7.45. The minimum atomic E-state index is 0.298. The van der Waals surface area contributed by atoms with Crippen LogP contribution in [-0.2, 0) is 17.8 Å². The molecular weight excluding hydrogens is 250 g/mol. The topological polar surface area (TPSA) is 37.4 Å². The Hall–Kier alpha value is -0.970. The lowest BCUT2D eigenvalue weighted by molar-refractivity contribution is 0.0625. The van der Waals surface area contributed by atoms with E-state index in [0.29, 0.717) is 12.1 Å². The normalized spacial score (nSPS) is 11.8. The van der Waals surface area contributed by atoms with Crippen molar-refractivity contribution in [2.24, 2.45) is 0 Å². The highest BCUT2D eigenvalue weighted by Crippen LogP contribution is 2.03. The van der Waals surface area contributed by atoms with Crippen molar-refractivity contribution in [3.05, 3.63) is 29.6 Å². The molecule has 0 aliphatic carbocycles. The Morgan fingerprint density at radius 1 is 1.20 bits per heavy atom. The zero-order valence-electron chi connectivity index (χ0n) is 13.5. The van der Waals surface area contributed by atoms with Crippen molar-refractivity contribution in [1.29, 1.82) is 0 Å². The Bertz CT molecular complexity index is 380. The van der Waals surface area contributed by atoms with E-state index in [1.165, 1.54) is 0 Å². The van der Waals surface area contributed by atoms with E-state index in [1.807, 2.05) is 0 Å². The SMILES string of the molecule is CC(C)NCc1cccc(CN(C)CCOC(C)C)n1. The van der Waals surface area contributed by atoms with Gasteiger partial charge in [0.05, 0.1) is 24.1 Å². The van der Waals surface area contributed by atoms with Crippen molar-refractivity contribution >= 4 is 0 Å². The maximum atomic E-state index is 5.57. The van der Waals surface area contributed by atoms with Gasteiger partial charge >= 0.3 is 0 Å². The summed E-state index contributed by atoms with van der Waals surface area (Å²) in [5.41, 5.74) is 2.21. The molecule has 0 radical (unpaired) electrons. The number of nitrogens with zero attached hydrogens (tertiary/aromatic N) is 2. The van der Waals surface area contributed by atoms with Gasteiger partial charge in [-0.15, -0.1) is 0 Å². The third-order valence-corrected chi connectivity index (χ3v) is 2.91. The van der Waals surface area contributed by atoms with Gasteiger partial charge in [0.25, 0.3) is 0 Å². The van der Waals surface area contributed by atoms with Gasteiger partial charge in [-0.05, 0) is 33.0 Å². The highest BCUT2D eigenvalue weighted by atomic mass is 16.5. The summed E-state index contributed by atoms with van der Waals surface area (Å²) in [6.07, 6.45) is 0.298. The minimum Gasteiger partial charge on any atom is -0.377 e. The van der Waals surface area contributed by atoms with Gasteiger partial charge in [0.1, 0.15) is 0 Å². The maximum absolute atomic E-state index is 5.57. The van der Waals surface area contributed by atoms with E-state index in [1.54, 1.807) is 0 Å². The van der Waals surface area contributed by atoms with Crippen LogP contribution in [-0.4, -0.2) is 42.2 Å². The van der Waals surface area contributed by atoms with E-state index >= 15 is 0 Å². The van der Waals surface area contributed by atoms with Crippen molar-refractivity contribution in [1.82, 2.24) is 15.2 Å². The predicted octanol–water partition coefficient (Wildman–Crippen LogP) is 2.44. The molecule has 20 heavy (non-hydrogen) atoms. The number of ether oxygens (including phenoxy) is 1. The standard InChI is InChI=1S/C16H29N3O/c1-13(2)17-11-15-7-6-8-16(18-15)12-19(5)9-10-20-14(3)4/h6-8,13-14,17H,9-12H2,1-5H3. The Balaban J connectivity index is 2.40. The number of rotatable bonds is 9. The van der Waals surface area contributed by atoms with Gasteiger partial charge in [-0.25, -0.2) is 0 Å². The molecule has 4 heteroatoms. The third-order valence-electron chi connectivity index (χ3n) is 2.91. The fraction of sp³-hybridized carbons (Fsp3) is 0.688. The van der Waals surface area contributed by atoms with Gasteiger partial charge in [0.2, 0.25) is 0 Å². The van der Waals surface area contributed by atoms with Crippen molar-refractivity contribution in [3.63, 3.8) is 0 Å². The van der Waals surface area contributed by atoms with Crippen LogP contribution in [0.3, 0.4) is 0 Å². The van der Waals surface area contributed by atoms with Crippen LogP contribution in [0.2, 0.25) is 0 Å². The second-order valence-corrected chi connectivity index (χ2v) is 5.81. The Morgan fingerprint density at radius 2 is 1.90 bits per heavy atom. The number of aromatic nitrogens is 1. The van der Waals surface area contributed by atoms with Crippen molar-refractivity contribution in [2.75, 3.05) is 20.2 Å². The molecule has 0 bridgehead atoms. The van der Waals surface area contributed by atoms with Crippen LogP contribution in [0.4, 0.5) is 0 Å². The molecule has 1 rings (SSSR count). The highest BCUT2D eigenvalue weighted by Gasteiger charge is 2.04. The number of pyridine rings is 1. The molecule has 0 unspecified atom stereocenters. The summed E-state index contributed by atoms with van der Waals surface area (Å²) in [5, 5.41) is 3.39. The number of hydrogen-bond acceptors (Lipinski definition) is 4. The lowest BCUT2D eigenvalue weighted by Crippen LogP contribution is -2.25. The first-order valence-electron chi connectivity index (χ1n) is 7.45. The average molecular weight is 279 g/mol. The van der Waals surface area contributed by atoms with Gasteiger partial charge < -0.3 is 10.1 Å². The second-order valence-electron chi connectivity index (χ2n) is 5.81. The largest absolute Gasteiger partial charge is 0.377 e. The highest BCUT2D eigenvalue weighted by molar-refractivity contribution is 5.11.